The number of hydrogen-bond acceptors (Lipinski definition) is 4. The van der Waals surface area contributed by atoms with Gasteiger partial charge in [-0.15, -0.1) is 0 Å². The Morgan fingerprint density at radius 1 is 0.719 bits per heavy atom. The Labute approximate surface area is 193 Å². The highest BCUT2D eigenvalue weighted by molar-refractivity contribution is 5.80. The zero-order valence-corrected chi connectivity index (χ0v) is 19.6. The maximum atomic E-state index is 13.1. The summed E-state index contributed by atoms with van der Waals surface area (Å²) in [5.41, 5.74) is 1.88. The molecule has 0 aliphatic carbocycles. The molecule has 0 spiro atoms. The lowest BCUT2D eigenvalue weighted by molar-refractivity contribution is -0.159. The van der Waals surface area contributed by atoms with Gasteiger partial charge in [0.05, 0.1) is 12.3 Å². The first-order valence-electron chi connectivity index (χ1n) is 12.0. The van der Waals surface area contributed by atoms with E-state index in [-0.39, 0.29) is 37.5 Å². The largest absolute Gasteiger partial charge is 0.461 e. The number of esters is 2. The monoisotopic (exact) mass is 438 g/mol. The van der Waals surface area contributed by atoms with Crippen molar-refractivity contribution in [2.45, 2.75) is 78.4 Å². The van der Waals surface area contributed by atoms with Crippen molar-refractivity contribution in [2.75, 3.05) is 0 Å². The molecule has 0 aliphatic rings. The molecule has 2 aromatic carbocycles. The minimum absolute atomic E-state index is 0.0684. The third kappa shape index (κ3) is 9.67. The quantitative estimate of drug-likeness (QED) is 0.225. The molecule has 4 nitrogen and oxygen atoms in total. The van der Waals surface area contributed by atoms with E-state index in [1.54, 1.807) is 0 Å². The topological polar surface area (TPSA) is 52.6 Å². The second-order valence-corrected chi connectivity index (χ2v) is 8.45. The average Bonchev–Trinajstić information content (AvgIpc) is 2.83. The first-order valence-corrected chi connectivity index (χ1v) is 12.0. The maximum absolute atomic E-state index is 13.1. The SMILES string of the molecule is CCCCCCC(CCC)C(CC(=O)OCc1ccccc1)C(=O)OCc1ccccc1. The molecule has 0 N–H and O–H groups in total. The fourth-order valence-corrected chi connectivity index (χ4v) is 4.01. The van der Waals surface area contributed by atoms with Crippen molar-refractivity contribution in [3.05, 3.63) is 71.8 Å². The van der Waals surface area contributed by atoms with Crippen molar-refractivity contribution < 1.29 is 19.1 Å². The maximum Gasteiger partial charge on any atom is 0.310 e. The molecule has 2 unspecified atom stereocenters. The summed E-state index contributed by atoms with van der Waals surface area (Å²) in [6.07, 6.45) is 7.47. The fraction of sp³-hybridized carbons (Fsp3) is 0.500. The number of ether oxygens (including phenoxy) is 2. The summed E-state index contributed by atoms with van der Waals surface area (Å²) in [6, 6.07) is 19.3. The van der Waals surface area contributed by atoms with Crippen LogP contribution in [-0.4, -0.2) is 11.9 Å². The van der Waals surface area contributed by atoms with E-state index in [4.69, 9.17) is 9.47 Å². The Hall–Kier alpha value is -2.62. The van der Waals surface area contributed by atoms with Gasteiger partial charge in [-0.3, -0.25) is 9.59 Å². The van der Waals surface area contributed by atoms with Gasteiger partial charge in [-0.05, 0) is 29.9 Å². The van der Waals surface area contributed by atoms with E-state index in [1.165, 1.54) is 12.8 Å². The minimum atomic E-state index is -0.469. The lowest BCUT2D eigenvalue weighted by Crippen LogP contribution is -2.29. The molecule has 2 aromatic rings. The third-order valence-corrected chi connectivity index (χ3v) is 5.81. The van der Waals surface area contributed by atoms with Crippen molar-refractivity contribution in [1.82, 2.24) is 0 Å². The minimum Gasteiger partial charge on any atom is -0.461 e. The Kier molecular flexibility index (Phi) is 12.2. The highest BCUT2D eigenvalue weighted by atomic mass is 16.5. The normalized spacial score (nSPS) is 12.7. The van der Waals surface area contributed by atoms with E-state index in [1.807, 2.05) is 60.7 Å². The fourth-order valence-electron chi connectivity index (χ4n) is 4.01. The molecule has 0 heterocycles. The van der Waals surface area contributed by atoms with Crippen molar-refractivity contribution in [1.29, 1.82) is 0 Å². The predicted octanol–water partition coefficient (Wildman–Crippen LogP) is 6.87. The van der Waals surface area contributed by atoms with Crippen molar-refractivity contribution in [2.24, 2.45) is 11.8 Å². The third-order valence-electron chi connectivity index (χ3n) is 5.81. The van der Waals surface area contributed by atoms with Crippen molar-refractivity contribution in [3.63, 3.8) is 0 Å². The van der Waals surface area contributed by atoms with Crippen LogP contribution in [-0.2, 0) is 32.3 Å². The number of rotatable bonds is 15. The van der Waals surface area contributed by atoms with Crippen LogP contribution < -0.4 is 0 Å². The van der Waals surface area contributed by atoms with Gasteiger partial charge < -0.3 is 9.47 Å². The second-order valence-electron chi connectivity index (χ2n) is 8.45. The summed E-state index contributed by atoms with van der Waals surface area (Å²) < 4.78 is 11.2. The molecule has 0 radical (unpaired) electrons. The first-order chi connectivity index (χ1) is 15.6. The van der Waals surface area contributed by atoms with E-state index in [0.717, 1.165) is 43.2 Å². The zero-order valence-electron chi connectivity index (χ0n) is 19.6. The van der Waals surface area contributed by atoms with Gasteiger partial charge in [-0.25, -0.2) is 0 Å². The van der Waals surface area contributed by atoms with Gasteiger partial charge in [0, 0.05) is 0 Å². The van der Waals surface area contributed by atoms with Gasteiger partial charge in [0.15, 0.2) is 0 Å². The highest BCUT2D eigenvalue weighted by Crippen LogP contribution is 2.29. The molecular formula is C28H38O4. The summed E-state index contributed by atoms with van der Waals surface area (Å²) in [4.78, 5) is 25.8. The van der Waals surface area contributed by atoms with Crippen LogP contribution in [0.4, 0.5) is 0 Å². The smallest absolute Gasteiger partial charge is 0.310 e. The van der Waals surface area contributed by atoms with Crippen LogP contribution in [0.2, 0.25) is 0 Å². The number of hydrogen-bond donors (Lipinski definition) is 0. The van der Waals surface area contributed by atoms with Gasteiger partial charge >= 0.3 is 11.9 Å². The molecule has 0 saturated heterocycles. The zero-order chi connectivity index (χ0) is 23.0. The summed E-state index contributed by atoms with van der Waals surface area (Å²) in [7, 11) is 0. The van der Waals surface area contributed by atoms with E-state index >= 15 is 0 Å². The molecule has 2 rings (SSSR count). The predicted molar refractivity (Wildman–Crippen MR) is 128 cm³/mol. The molecule has 4 heteroatoms. The molecule has 0 aromatic heterocycles. The van der Waals surface area contributed by atoms with E-state index < -0.39 is 5.92 Å². The summed E-state index contributed by atoms with van der Waals surface area (Å²) in [5.74, 6) is -0.974. The Bertz CT molecular complexity index is 773. The molecule has 2 atom stereocenters. The van der Waals surface area contributed by atoms with E-state index in [9.17, 15) is 9.59 Å². The number of benzene rings is 2. The lowest BCUT2D eigenvalue weighted by atomic mass is 9.82. The standard InChI is InChI=1S/C28H38O4/c1-3-5-6-13-19-25(14-4-2)26(28(30)32-22-24-17-11-8-12-18-24)20-27(29)31-21-23-15-9-7-10-16-23/h7-12,15-18,25-26H,3-6,13-14,19-22H2,1-2H3. The summed E-state index contributed by atoms with van der Waals surface area (Å²) >= 11 is 0. The molecule has 0 saturated carbocycles. The van der Waals surface area contributed by atoms with E-state index in [0.29, 0.717) is 0 Å². The second kappa shape index (κ2) is 15.2. The van der Waals surface area contributed by atoms with Crippen LogP contribution >= 0.6 is 0 Å². The van der Waals surface area contributed by atoms with Crippen LogP contribution in [0.1, 0.15) is 76.3 Å². The average molecular weight is 439 g/mol. The number of carbonyl (C=O) groups is 2. The highest BCUT2D eigenvalue weighted by Gasteiger charge is 2.31. The van der Waals surface area contributed by atoms with Crippen LogP contribution in [0.3, 0.4) is 0 Å². The molecular weight excluding hydrogens is 400 g/mol. The molecule has 0 aliphatic heterocycles. The van der Waals surface area contributed by atoms with Crippen molar-refractivity contribution in [3.8, 4) is 0 Å². The van der Waals surface area contributed by atoms with Crippen LogP contribution in [0.15, 0.2) is 60.7 Å². The molecule has 0 bridgehead atoms. The van der Waals surface area contributed by atoms with Crippen LogP contribution in [0.25, 0.3) is 0 Å². The van der Waals surface area contributed by atoms with Gasteiger partial charge in [0.1, 0.15) is 13.2 Å². The molecule has 0 fully saturated rings. The molecule has 32 heavy (non-hydrogen) atoms. The van der Waals surface area contributed by atoms with Gasteiger partial charge in [-0.1, -0.05) is 107 Å². The van der Waals surface area contributed by atoms with Gasteiger partial charge in [0.25, 0.3) is 0 Å². The summed E-state index contributed by atoms with van der Waals surface area (Å²) in [6.45, 7) is 4.76. The Balaban J connectivity index is 2.02. The summed E-state index contributed by atoms with van der Waals surface area (Å²) in [5, 5.41) is 0. The Morgan fingerprint density at radius 3 is 1.88 bits per heavy atom. The Morgan fingerprint density at radius 2 is 1.31 bits per heavy atom. The molecule has 174 valence electrons. The first kappa shape index (κ1) is 25.6. The van der Waals surface area contributed by atoms with Gasteiger partial charge in [0.2, 0.25) is 0 Å². The molecule has 0 amide bonds. The van der Waals surface area contributed by atoms with Gasteiger partial charge in [-0.2, -0.15) is 0 Å². The van der Waals surface area contributed by atoms with E-state index in [2.05, 4.69) is 13.8 Å². The van der Waals surface area contributed by atoms with Crippen LogP contribution in [0, 0.1) is 11.8 Å². The number of carbonyl (C=O) groups excluding carboxylic acids is 2. The van der Waals surface area contributed by atoms with Crippen LogP contribution in [0.5, 0.6) is 0 Å². The van der Waals surface area contributed by atoms with Crippen molar-refractivity contribution >= 4 is 11.9 Å². The number of unbranched alkanes of at least 4 members (excludes halogenated alkanes) is 3. The lowest BCUT2D eigenvalue weighted by Gasteiger charge is -2.25.